The SMILES string of the molecule is COc1cc(F)c(C2CC(=O)N(CCC(F)(F)F)C2)c(F)c1. The summed E-state index contributed by atoms with van der Waals surface area (Å²) in [5.41, 5.74) is -0.288. The first-order valence-corrected chi connectivity index (χ1v) is 6.58. The van der Waals surface area contributed by atoms with E-state index in [9.17, 15) is 26.7 Å². The second kappa shape index (κ2) is 6.10. The number of nitrogens with zero attached hydrogens (tertiary/aromatic N) is 1. The number of carbonyl (C=O) groups excluding carboxylic acids is 1. The lowest BCUT2D eigenvalue weighted by Crippen LogP contribution is -2.29. The molecule has 2 rings (SSSR count). The van der Waals surface area contributed by atoms with Crippen LogP contribution < -0.4 is 4.74 Å². The molecule has 0 aromatic heterocycles. The summed E-state index contributed by atoms with van der Waals surface area (Å²) in [6, 6.07) is 1.97. The quantitative estimate of drug-likeness (QED) is 0.796. The van der Waals surface area contributed by atoms with E-state index in [0.29, 0.717) is 0 Å². The molecule has 1 unspecified atom stereocenters. The number of carbonyl (C=O) groups is 1. The highest BCUT2D eigenvalue weighted by molar-refractivity contribution is 5.79. The number of amides is 1. The Morgan fingerprint density at radius 3 is 2.36 bits per heavy atom. The molecule has 1 aliphatic rings. The molecule has 1 aromatic rings. The van der Waals surface area contributed by atoms with Gasteiger partial charge in [0.05, 0.1) is 13.5 Å². The summed E-state index contributed by atoms with van der Waals surface area (Å²) in [5, 5.41) is 0. The van der Waals surface area contributed by atoms with Crippen LogP contribution in [-0.2, 0) is 4.79 Å². The van der Waals surface area contributed by atoms with Crippen LogP contribution in [0.2, 0.25) is 0 Å². The molecule has 1 aromatic carbocycles. The minimum Gasteiger partial charge on any atom is -0.497 e. The van der Waals surface area contributed by atoms with Crippen molar-refractivity contribution in [2.45, 2.75) is 24.9 Å². The molecule has 0 radical (unpaired) electrons. The number of likely N-dealkylation sites (tertiary alicyclic amines) is 1. The fourth-order valence-corrected chi connectivity index (χ4v) is 2.51. The summed E-state index contributed by atoms with van der Waals surface area (Å²) in [7, 11) is 1.26. The maximum absolute atomic E-state index is 13.9. The monoisotopic (exact) mass is 323 g/mol. The van der Waals surface area contributed by atoms with Crippen molar-refractivity contribution in [3.8, 4) is 5.75 Å². The van der Waals surface area contributed by atoms with Gasteiger partial charge in [0.15, 0.2) is 0 Å². The third-order valence-corrected chi connectivity index (χ3v) is 3.58. The highest BCUT2D eigenvalue weighted by atomic mass is 19.4. The minimum absolute atomic E-state index is 0.00278. The van der Waals surface area contributed by atoms with Crippen molar-refractivity contribution < 1.29 is 31.5 Å². The van der Waals surface area contributed by atoms with Crippen molar-refractivity contribution in [2.24, 2.45) is 0 Å². The molecule has 1 amide bonds. The lowest BCUT2D eigenvalue weighted by Gasteiger charge is -2.18. The number of methoxy groups -OCH3 is 1. The highest BCUT2D eigenvalue weighted by Gasteiger charge is 2.36. The maximum Gasteiger partial charge on any atom is 0.390 e. The lowest BCUT2D eigenvalue weighted by atomic mass is 9.97. The van der Waals surface area contributed by atoms with Crippen LogP contribution in [0.4, 0.5) is 22.0 Å². The van der Waals surface area contributed by atoms with Gasteiger partial charge in [-0.2, -0.15) is 13.2 Å². The van der Waals surface area contributed by atoms with Crippen LogP contribution in [0.5, 0.6) is 5.75 Å². The van der Waals surface area contributed by atoms with Crippen molar-refractivity contribution >= 4 is 5.91 Å². The molecule has 8 heteroatoms. The summed E-state index contributed by atoms with van der Waals surface area (Å²) in [6.07, 6.45) is -5.73. The molecule has 0 spiro atoms. The standard InChI is InChI=1S/C14H14F5NO2/c1-22-9-5-10(15)13(11(16)6-9)8-4-12(21)20(7-8)3-2-14(17,18)19/h5-6,8H,2-4,7H2,1H3. The third-order valence-electron chi connectivity index (χ3n) is 3.58. The van der Waals surface area contributed by atoms with E-state index in [2.05, 4.69) is 0 Å². The van der Waals surface area contributed by atoms with Crippen LogP contribution in [-0.4, -0.2) is 37.2 Å². The van der Waals surface area contributed by atoms with Gasteiger partial charge in [-0.15, -0.1) is 0 Å². The second-order valence-electron chi connectivity index (χ2n) is 5.11. The molecule has 0 aliphatic carbocycles. The van der Waals surface area contributed by atoms with Crippen LogP contribution in [0.3, 0.4) is 0 Å². The molecule has 22 heavy (non-hydrogen) atoms. The predicted octanol–water partition coefficient (Wildman–Crippen LogP) is 3.24. The van der Waals surface area contributed by atoms with Gasteiger partial charge >= 0.3 is 6.18 Å². The molecule has 0 saturated carbocycles. The summed E-state index contributed by atoms with van der Waals surface area (Å²) in [6.45, 7) is -0.632. The highest BCUT2D eigenvalue weighted by Crippen LogP contribution is 2.34. The molecular formula is C14H14F5NO2. The van der Waals surface area contributed by atoms with Crippen LogP contribution in [0, 0.1) is 11.6 Å². The number of halogens is 5. The van der Waals surface area contributed by atoms with Crippen molar-refractivity contribution in [3.05, 3.63) is 29.3 Å². The van der Waals surface area contributed by atoms with E-state index in [4.69, 9.17) is 4.74 Å². The molecule has 1 fully saturated rings. The van der Waals surface area contributed by atoms with Crippen molar-refractivity contribution in [2.75, 3.05) is 20.2 Å². The molecule has 0 bridgehead atoms. The van der Waals surface area contributed by atoms with Crippen LogP contribution in [0.25, 0.3) is 0 Å². The molecular weight excluding hydrogens is 309 g/mol. The number of rotatable bonds is 4. The number of ether oxygens (including phenoxy) is 1. The Balaban J connectivity index is 2.14. The van der Waals surface area contributed by atoms with Crippen molar-refractivity contribution in [1.29, 1.82) is 0 Å². The Morgan fingerprint density at radius 1 is 1.27 bits per heavy atom. The Hall–Kier alpha value is -1.86. The van der Waals surface area contributed by atoms with E-state index in [1.165, 1.54) is 7.11 Å². The van der Waals surface area contributed by atoms with Gasteiger partial charge < -0.3 is 9.64 Å². The molecule has 1 saturated heterocycles. The normalized spacial score (nSPS) is 18.9. The molecule has 1 aliphatic heterocycles. The van der Waals surface area contributed by atoms with Crippen molar-refractivity contribution in [1.82, 2.24) is 4.90 Å². The molecule has 0 N–H and O–H groups in total. The minimum atomic E-state index is -4.38. The number of benzene rings is 1. The van der Waals surface area contributed by atoms with Crippen molar-refractivity contribution in [3.63, 3.8) is 0 Å². The van der Waals surface area contributed by atoms with E-state index in [0.717, 1.165) is 17.0 Å². The summed E-state index contributed by atoms with van der Waals surface area (Å²) in [4.78, 5) is 12.7. The van der Waals surface area contributed by atoms with Gasteiger partial charge in [0.1, 0.15) is 17.4 Å². The fraction of sp³-hybridized carbons (Fsp3) is 0.500. The molecule has 122 valence electrons. The Bertz CT molecular complexity index is 550. The average molecular weight is 323 g/mol. The Kier molecular flexibility index (Phi) is 4.58. The van der Waals surface area contributed by atoms with E-state index >= 15 is 0 Å². The smallest absolute Gasteiger partial charge is 0.390 e. The molecule has 1 heterocycles. The zero-order chi connectivity index (χ0) is 16.5. The van der Waals surface area contributed by atoms with E-state index in [-0.39, 0.29) is 24.3 Å². The number of hydrogen-bond donors (Lipinski definition) is 0. The van der Waals surface area contributed by atoms with Gasteiger partial charge in [-0.05, 0) is 0 Å². The van der Waals surface area contributed by atoms with Gasteiger partial charge in [0.25, 0.3) is 0 Å². The zero-order valence-electron chi connectivity index (χ0n) is 11.7. The van der Waals surface area contributed by atoms with Gasteiger partial charge in [-0.1, -0.05) is 0 Å². The first-order chi connectivity index (χ1) is 10.2. The van der Waals surface area contributed by atoms with E-state index in [1.54, 1.807) is 0 Å². The summed E-state index contributed by atoms with van der Waals surface area (Å²) < 4.78 is 69.2. The first kappa shape index (κ1) is 16.5. The third kappa shape index (κ3) is 3.66. The topological polar surface area (TPSA) is 29.5 Å². The number of hydrogen-bond acceptors (Lipinski definition) is 2. The van der Waals surface area contributed by atoms with Gasteiger partial charge in [-0.3, -0.25) is 4.79 Å². The van der Waals surface area contributed by atoms with Gasteiger partial charge in [-0.25, -0.2) is 8.78 Å². The average Bonchev–Trinajstić information content (AvgIpc) is 2.75. The van der Waals surface area contributed by atoms with Crippen LogP contribution >= 0.6 is 0 Å². The molecule has 3 nitrogen and oxygen atoms in total. The molecule has 1 atom stereocenters. The van der Waals surface area contributed by atoms with E-state index < -0.39 is 42.6 Å². The zero-order valence-corrected chi connectivity index (χ0v) is 11.7. The Morgan fingerprint density at radius 2 is 1.86 bits per heavy atom. The van der Waals surface area contributed by atoms with E-state index in [1.807, 2.05) is 0 Å². The van der Waals surface area contributed by atoms with Crippen LogP contribution in [0.1, 0.15) is 24.3 Å². The first-order valence-electron chi connectivity index (χ1n) is 6.58. The Labute approximate surface area is 123 Å². The predicted molar refractivity (Wildman–Crippen MR) is 67.5 cm³/mol. The van der Waals surface area contributed by atoms with Gasteiger partial charge in [0.2, 0.25) is 5.91 Å². The van der Waals surface area contributed by atoms with Crippen LogP contribution in [0.15, 0.2) is 12.1 Å². The largest absolute Gasteiger partial charge is 0.497 e. The number of alkyl halides is 3. The second-order valence-corrected chi connectivity index (χ2v) is 5.11. The summed E-state index contributed by atoms with van der Waals surface area (Å²) >= 11 is 0. The lowest BCUT2D eigenvalue weighted by molar-refractivity contribution is -0.143. The maximum atomic E-state index is 13.9. The van der Waals surface area contributed by atoms with Gasteiger partial charge in [0, 0.05) is 43.1 Å². The summed E-state index contributed by atoms with van der Waals surface area (Å²) in [5.74, 6) is -3.08. The fourth-order valence-electron chi connectivity index (χ4n) is 2.51.